The second kappa shape index (κ2) is 7.94. The van der Waals surface area contributed by atoms with Crippen LogP contribution in [0.1, 0.15) is 16.1 Å². The Kier molecular flexibility index (Phi) is 5.24. The van der Waals surface area contributed by atoms with E-state index in [-0.39, 0.29) is 12.3 Å². The molecule has 0 saturated carbocycles. The number of rotatable bonds is 5. The number of anilines is 1. The SMILES string of the molecule is O=C(Nc1ccc(-c2cccnc2C(=O)O)cc1)OCc1ccccc1. The van der Waals surface area contributed by atoms with Crippen molar-refractivity contribution >= 4 is 17.7 Å². The molecule has 0 bridgehead atoms. The van der Waals surface area contributed by atoms with E-state index in [4.69, 9.17) is 4.74 Å². The highest BCUT2D eigenvalue weighted by molar-refractivity contribution is 5.94. The van der Waals surface area contributed by atoms with Gasteiger partial charge in [0.15, 0.2) is 5.69 Å². The van der Waals surface area contributed by atoms with Gasteiger partial charge in [0.2, 0.25) is 0 Å². The number of hydrogen-bond donors (Lipinski definition) is 2. The van der Waals surface area contributed by atoms with Crippen LogP contribution < -0.4 is 5.32 Å². The quantitative estimate of drug-likeness (QED) is 0.721. The largest absolute Gasteiger partial charge is 0.476 e. The predicted octanol–water partition coefficient (Wildman–Crippen LogP) is 4.20. The van der Waals surface area contributed by atoms with E-state index in [0.29, 0.717) is 16.8 Å². The molecule has 3 aromatic rings. The smallest absolute Gasteiger partial charge is 0.411 e. The van der Waals surface area contributed by atoms with Crippen molar-refractivity contribution in [3.8, 4) is 11.1 Å². The van der Waals surface area contributed by atoms with Crippen LogP contribution in [0.5, 0.6) is 0 Å². The number of nitrogens with one attached hydrogen (secondary N) is 1. The first-order chi connectivity index (χ1) is 12.6. The molecule has 0 spiro atoms. The van der Waals surface area contributed by atoms with Crippen LogP contribution >= 0.6 is 0 Å². The zero-order valence-corrected chi connectivity index (χ0v) is 13.8. The van der Waals surface area contributed by atoms with Crippen molar-refractivity contribution in [1.29, 1.82) is 0 Å². The van der Waals surface area contributed by atoms with E-state index >= 15 is 0 Å². The number of carbonyl (C=O) groups is 2. The number of hydrogen-bond acceptors (Lipinski definition) is 4. The zero-order valence-electron chi connectivity index (χ0n) is 13.8. The fourth-order valence-corrected chi connectivity index (χ4v) is 2.42. The van der Waals surface area contributed by atoms with Gasteiger partial charge in [0.1, 0.15) is 6.61 Å². The third-order valence-corrected chi connectivity index (χ3v) is 3.67. The van der Waals surface area contributed by atoms with Crippen LogP contribution in [0.2, 0.25) is 0 Å². The standard InChI is InChI=1S/C20H16N2O4/c23-19(24)18-17(7-4-12-21-18)15-8-10-16(11-9-15)22-20(25)26-13-14-5-2-1-3-6-14/h1-12H,13H2,(H,22,25)(H,23,24). The van der Waals surface area contributed by atoms with Gasteiger partial charge in [-0.2, -0.15) is 0 Å². The average Bonchev–Trinajstić information content (AvgIpc) is 2.68. The lowest BCUT2D eigenvalue weighted by molar-refractivity contribution is 0.0691. The number of carbonyl (C=O) groups excluding carboxylic acids is 1. The van der Waals surface area contributed by atoms with Crippen LogP contribution in [0.4, 0.5) is 10.5 Å². The highest BCUT2D eigenvalue weighted by atomic mass is 16.5. The molecule has 1 amide bonds. The Bertz CT molecular complexity index is 909. The van der Waals surface area contributed by atoms with Crippen LogP contribution in [0.25, 0.3) is 11.1 Å². The summed E-state index contributed by atoms with van der Waals surface area (Å²) in [5.41, 5.74) is 2.63. The summed E-state index contributed by atoms with van der Waals surface area (Å²) in [6.45, 7) is 0.183. The van der Waals surface area contributed by atoms with E-state index in [9.17, 15) is 14.7 Å². The van der Waals surface area contributed by atoms with Gasteiger partial charge in [0.05, 0.1) is 0 Å². The molecule has 26 heavy (non-hydrogen) atoms. The fourth-order valence-electron chi connectivity index (χ4n) is 2.42. The van der Waals surface area contributed by atoms with Crippen molar-refractivity contribution in [1.82, 2.24) is 4.98 Å². The van der Waals surface area contributed by atoms with Gasteiger partial charge in [-0.3, -0.25) is 5.32 Å². The summed E-state index contributed by atoms with van der Waals surface area (Å²) < 4.78 is 5.16. The molecule has 2 N–H and O–H groups in total. The van der Waals surface area contributed by atoms with Gasteiger partial charge in [-0.25, -0.2) is 14.6 Å². The first kappa shape index (κ1) is 17.2. The maximum absolute atomic E-state index is 11.9. The lowest BCUT2D eigenvalue weighted by Gasteiger charge is -2.09. The summed E-state index contributed by atoms with van der Waals surface area (Å²) in [5.74, 6) is -1.09. The molecule has 1 heterocycles. The van der Waals surface area contributed by atoms with E-state index in [1.165, 1.54) is 6.20 Å². The van der Waals surface area contributed by atoms with Gasteiger partial charge >= 0.3 is 12.1 Å². The molecule has 6 nitrogen and oxygen atoms in total. The third-order valence-electron chi connectivity index (χ3n) is 3.67. The summed E-state index contributed by atoms with van der Waals surface area (Å²) in [6.07, 6.45) is 0.875. The summed E-state index contributed by atoms with van der Waals surface area (Å²) in [4.78, 5) is 27.0. The fraction of sp³-hybridized carbons (Fsp3) is 0.0500. The third kappa shape index (κ3) is 4.24. The van der Waals surface area contributed by atoms with Gasteiger partial charge in [-0.15, -0.1) is 0 Å². The molecule has 0 fully saturated rings. The second-order valence-electron chi connectivity index (χ2n) is 5.47. The summed E-state index contributed by atoms with van der Waals surface area (Å²) in [5, 5.41) is 11.9. The highest BCUT2D eigenvalue weighted by Crippen LogP contribution is 2.24. The first-order valence-corrected chi connectivity index (χ1v) is 7.90. The second-order valence-corrected chi connectivity index (χ2v) is 5.47. The summed E-state index contributed by atoms with van der Waals surface area (Å²) in [6, 6.07) is 19.5. The molecule has 3 rings (SSSR count). The zero-order chi connectivity index (χ0) is 18.4. The van der Waals surface area contributed by atoms with E-state index < -0.39 is 12.1 Å². The number of aromatic nitrogens is 1. The highest BCUT2D eigenvalue weighted by Gasteiger charge is 2.12. The Hall–Kier alpha value is -3.67. The monoisotopic (exact) mass is 348 g/mol. The van der Waals surface area contributed by atoms with E-state index in [1.807, 2.05) is 30.3 Å². The van der Waals surface area contributed by atoms with Gasteiger partial charge < -0.3 is 9.84 Å². The van der Waals surface area contributed by atoms with Crippen LogP contribution in [-0.2, 0) is 11.3 Å². The van der Waals surface area contributed by atoms with Crippen LogP contribution in [0.15, 0.2) is 72.9 Å². The lowest BCUT2D eigenvalue weighted by atomic mass is 10.0. The van der Waals surface area contributed by atoms with Crippen LogP contribution in [0.3, 0.4) is 0 Å². The Balaban J connectivity index is 1.65. The Morgan fingerprint density at radius 2 is 1.69 bits per heavy atom. The number of pyridine rings is 1. The molecule has 0 aliphatic carbocycles. The number of benzene rings is 2. The minimum absolute atomic E-state index is 0.0181. The van der Waals surface area contributed by atoms with Crippen molar-refractivity contribution in [3.63, 3.8) is 0 Å². The van der Waals surface area contributed by atoms with Crippen molar-refractivity contribution < 1.29 is 19.4 Å². The molecular weight excluding hydrogens is 332 g/mol. The number of carboxylic acids is 1. The molecule has 0 atom stereocenters. The normalized spacial score (nSPS) is 10.2. The molecular formula is C20H16N2O4. The molecule has 0 aliphatic rings. The van der Waals surface area contributed by atoms with Crippen molar-refractivity contribution in [2.24, 2.45) is 0 Å². The molecule has 1 aromatic heterocycles. The first-order valence-electron chi connectivity index (χ1n) is 7.90. The van der Waals surface area contributed by atoms with Gasteiger partial charge in [0, 0.05) is 17.4 Å². The lowest BCUT2D eigenvalue weighted by Crippen LogP contribution is -2.13. The van der Waals surface area contributed by atoms with Crippen molar-refractivity contribution in [2.45, 2.75) is 6.61 Å². The van der Waals surface area contributed by atoms with Crippen molar-refractivity contribution in [3.05, 3.63) is 84.2 Å². The molecule has 0 aliphatic heterocycles. The molecule has 2 aromatic carbocycles. The minimum atomic E-state index is -1.09. The van der Waals surface area contributed by atoms with Crippen molar-refractivity contribution in [2.75, 3.05) is 5.32 Å². The van der Waals surface area contributed by atoms with Crippen LogP contribution in [0, 0.1) is 0 Å². The molecule has 6 heteroatoms. The Morgan fingerprint density at radius 1 is 0.962 bits per heavy atom. The summed E-state index contributed by atoms with van der Waals surface area (Å²) in [7, 11) is 0. The van der Waals surface area contributed by atoms with E-state index in [1.54, 1.807) is 36.4 Å². The molecule has 130 valence electrons. The van der Waals surface area contributed by atoms with Crippen LogP contribution in [-0.4, -0.2) is 22.2 Å². The van der Waals surface area contributed by atoms with Gasteiger partial charge in [-0.05, 0) is 29.3 Å². The topological polar surface area (TPSA) is 88.5 Å². The van der Waals surface area contributed by atoms with Gasteiger partial charge in [0.25, 0.3) is 0 Å². The molecule has 0 radical (unpaired) electrons. The average molecular weight is 348 g/mol. The minimum Gasteiger partial charge on any atom is -0.476 e. The Labute approximate surface area is 150 Å². The summed E-state index contributed by atoms with van der Waals surface area (Å²) >= 11 is 0. The number of amides is 1. The predicted molar refractivity (Wildman–Crippen MR) is 96.9 cm³/mol. The van der Waals surface area contributed by atoms with E-state index in [0.717, 1.165) is 5.56 Å². The number of aromatic carboxylic acids is 1. The van der Waals surface area contributed by atoms with E-state index in [2.05, 4.69) is 10.3 Å². The molecule has 0 unspecified atom stereocenters. The maximum atomic E-state index is 11.9. The molecule has 0 saturated heterocycles. The number of carboxylic acid groups (broad SMARTS) is 1. The van der Waals surface area contributed by atoms with Gasteiger partial charge in [-0.1, -0.05) is 48.5 Å². The number of nitrogens with zero attached hydrogens (tertiary/aromatic N) is 1. The maximum Gasteiger partial charge on any atom is 0.411 e. The number of ether oxygens (including phenoxy) is 1. The Morgan fingerprint density at radius 3 is 2.38 bits per heavy atom.